The zero-order chi connectivity index (χ0) is 12.0. The SMILES string of the molecule is CC(C)NC(=O)N(C)C(C)CC(N)=NO. The van der Waals surface area contributed by atoms with E-state index in [1.54, 1.807) is 7.05 Å². The summed E-state index contributed by atoms with van der Waals surface area (Å²) >= 11 is 0. The van der Waals surface area contributed by atoms with E-state index in [1.807, 2.05) is 20.8 Å². The normalized spacial score (nSPS) is 13.8. The Kier molecular flexibility index (Phi) is 5.51. The number of amidine groups is 1. The minimum absolute atomic E-state index is 0.0935. The predicted octanol–water partition coefficient (Wildman–Crippen LogP) is 0.561. The number of amides is 2. The summed E-state index contributed by atoms with van der Waals surface area (Å²) < 4.78 is 0. The molecule has 0 heterocycles. The van der Waals surface area contributed by atoms with Crippen molar-refractivity contribution in [2.75, 3.05) is 7.05 Å². The van der Waals surface area contributed by atoms with E-state index in [4.69, 9.17) is 10.9 Å². The average Bonchev–Trinajstić information content (AvgIpc) is 2.15. The summed E-state index contributed by atoms with van der Waals surface area (Å²) in [6, 6.07) is -0.182. The van der Waals surface area contributed by atoms with Crippen LogP contribution in [0.3, 0.4) is 0 Å². The van der Waals surface area contributed by atoms with Crippen LogP contribution in [0, 0.1) is 0 Å². The molecule has 0 saturated heterocycles. The van der Waals surface area contributed by atoms with Crippen molar-refractivity contribution >= 4 is 11.9 Å². The van der Waals surface area contributed by atoms with Gasteiger partial charge in [0.15, 0.2) is 0 Å². The zero-order valence-corrected chi connectivity index (χ0v) is 9.69. The van der Waals surface area contributed by atoms with Crippen LogP contribution in [0.4, 0.5) is 4.79 Å². The number of carbonyl (C=O) groups excluding carboxylic acids is 1. The molecule has 0 aromatic heterocycles. The maximum absolute atomic E-state index is 11.5. The standard InChI is InChI=1S/C9H20N4O2/c1-6(2)11-9(14)13(4)7(3)5-8(10)12-15/h6-7,15H,5H2,1-4H3,(H2,10,12)(H,11,14). The summed E-state index contributed by atoms with van der Waals surface area (Å²) in [5.41, 5.74) is 5.35. The van der Waals surface area contributed by atoms with Crippen LogP contribution in [0.15, 0.2) is 5.16 Å². The summed E-state index contributed by atoms with van der Waals surface area (Å²) in [6.07, 6.45) is 0.346. The first-order chi connectivity index (χ1) is 6.88. The number of oxime groups is 1. The van der Waals surface area contributed by atoms with Crippen molar-refractivity contribution in [1.29, 1.82) is 0 Å². The highest BCUT2D eigenvalue weighted by Gasteiger charge is 2.17. The van der Waals surface area contributed by atoms with Gasteiger partial charge in [0.25, 0.3) is 0 Å². The van der Waals surface area contributed by atoms with Crippen LogP contribution < -0.4 is 11.1 Å². The molecule has 0 bridgehead atoms. The molecule has 2 amide bonds. The van der Waals surface area contributed by atoms with Crippen LogP contribution in [-0.4, -0.2) is 41.1 Å². The van der Waals surface area contributed by atoms with Crippen molar-refractivity contribution in [3.05, 3.63) is 0 Å². The Morgan fingerprint density at radius 2 is 2.07 bits per heavy atom. The van der Waals surface area contributed by atoms with Gasteiger partial charge in [-0.25, -0.2) is 4.79 Å². The molecular formula is C9H20N4O2. The molecule has 4 N–H and O–H groups in total. The lowest BCUT2D eigenvalue weighted by atomic mass is 10.2. The second-order valence-electron chi connectivity index (χ2n) is 3.86. The van der Waals surface area contributed by atoms with Gasteiger partial charge in [-0.3, -0.25) is 0 Å². The van der Waals surface area contributed by atoms with Crippen molar-refractivity contribution in [3.8, 4) is 0 Å². The number of rotatable bonds is 4. The number of carbonyl (C=O) groups is 1. The summed E-state index contributed by atoms with van der Waals surface area (Å²) in [6.45, 7) is 5.61. The van der Waals surface area contributed by atoms with Crippen LogP contribution in [-0.2, 0) is 0 Å². The van der Waals surface area contributed by atoms with E-state index in [0.29, 0.717) is 6.42 Å². The Hall–Kier alpha value is -1.46. The van der Waals surface area contributed by atoms with E-state index in [9.17, 15) is 4.79 Å². The van der Waals surface area contributed by atoms with Crippen LogP contribution >= 0.6 is 0 Å². The highest BCUT2D eigenvalue weighted by atomic mass is 16.4. The van der Waals surface area contributed by atoms with Crippen molar-refractivity contribution in [3.63, 3.8) is 0 Å². The molecule has 0 aliphatic carbocycles. The monoisotopic (exact) mass is 216 g/mol. The number of hydrogen-bond acceptors (Lipinski definition) is 3. The van der Waals surface area contributed by atoms with Crippen molar-refractivity contribution in [2.24, 2.45) is 10.9 Å². The molecule has 6 nitrogen and oxygen atoms in total. The number of hydrogen-bond donors (Lipinski definition) is 3. The van der Waals surface area contributed by atoms with Gasteiger partial charge in [-0.05, 0) is 20.8 Å². The van der Waals surface area contributed by atoms with Crippen LogP contribution in [0.5, 0.6) is 0 Å². The maximum atomic E-state index is 11.5. The topological polar surface area (TPSA) is 91.0 Å². The molecule has 0 aliphatic heterocycles. The molecule has 0 aromatic carbocycles. The molecule has 0 aliphatic rings. The summed E-state index contributed by atoms with van der Waals surface area (Å²) in [4.78, 5) is 13.1. The van der Waals surface area contributed by atoms with Gasteiger partial charge >= 0.3 is 6.03 Å². The lowest BCUT2D eigenvalue weighted by molar-refractivity contribution is 0.192. The Balaban J connectivity index is 4.19. The van der Waals surface area contributed by atoms with E-state index in [1.165, 1.54) is 4.90 Å². The number of nitrogens with one attached hydrogen (secondary N) is 1. The molecule has 0 rings (SSSR count). The quantitative estimate of drug-likeness (QED) is 0.277. The largest absolute Gasteiger partial charge is 0.409 e. The van der Waals surface area contributed by atoms with Crippen LogP contribution in [0.1, 0.15) is 27.2 Å². The second-order valence-corrected chi connectivity index (χ2v) is 3.86. The van der Waals surface area contributed by atoms with Gasteiger partial charge in [0.2, 0.25) is 0 Å². The molecule has 0 fully saturated rings. The Labute approximate surface area is 90.1 Å². The first-order valence-corrected chi connectivity index (χ1v) is 4.88. The van der Waals surface area contributed by atoms with Gasteiger partial charge in [0.1, 0.15) is 5.84 Å². The van der Waals surface area contributed by atoms with Gasteiger partial charge in [0.05, 0.1) is 0 Å². The molecule has 6 heteroatoms. The van der Waals surface area contributed by atoms with E-state index >= 15 is 0 Å². The minimum atomic E-state index is -0.164. The zero-order valence-electron chi connectivity index (χ0n) is 9.69. The molecule has 15 heavy (non-hydrogen) atoms. The maximum Gasteiger partial charge on any atom is 0.317 e. The predicted molar refractivity (Wildman–Crippen MR) is 58.9 cm³/mol. The van der Waals surface area contributed by atoms with Crippen molar-refractivity contribution in [1.82, 2.24) is 10.2 Å². The fraction of sp³-hybridized carbons (Fsp3) is 0.778. The third-order valence-electron chi connectivity index (χ3n) is 2.03. The van der Waals surface area contributed by atoms with Crippen molar-refractivity contribution < 1.29 is 10.0 Å². The van der Waals surface area contributed by atoms with Gasteiger partial charge in [-0.15, -0.1) is 0 Å². The Bertz CT molecular complexity index is 240. The Morgan fingerprint density at radius 1 is 1.53 bits per heavy atom. The van der Waals surface area contributed by atoms with Gasteiger partial charge in [-0.1, -0.05) is 5.16 Å². The lowest BCUT2D eigenvalue weighted by Crippen LogP contribution is -2.45. The smallest absolute Gasteiger partial charge is 0.317 e. The van der Waals surface area contributed by atoms with Gasteiger partial charge in [0, 0.05) is 25.6 Å². The van der Waals surface area contributed by atoms with E-state index in [2.05, 4.69) is 10.5 Å². The highest BCUT2D eigenvalue weighted by Crippen LogP contribution is 2.01. The van der Waals surface area contributed by atoms with Gasteiger partial charge < -0.3 is 21.2 Å². The highest BCUT2D eigenvalue weighted by molar-refractivity contribution is 5.81. The number of urea groups is 1. The number of nitrogens with zero attached hydrogens (tertiary/aromatic N) is 2. The molecule has 1 atom stereocenters. The van der Waals surface area contributed by atoms with E-state index in [0.717, 1.165) is 0 Å². The fourth-order valence-corrected chi connectivity index (χ4v) is 1.03. The number of nitrogens with two attached hydrogens (primary N) is 1. The van der Waals surface area contributed by atoms with Crippen molar-refractivity contribution in [2.45, 2.75) is 39.3 Å². The molecule has 88 valence electrons. The molecular weight excluding hydrogens is 196 g/mol. The van der Waals surface area contributed by atoms with E-state index < -0.39 is 0 Å². The Morgan fingerprint density at radius 3 is 2.47 bits per heavy atom. The molecule has 0 spiro atoms. The molecule has 1 unspecified atom stereocenters. The summed E-state index contributed by atoms with van der Waals surface area (Å²) in [5.74, 6) is 0.117. The first-order valence-electron chi connectivity index (χ1n) is 4.88. The summed E-state index contributed by atoms with van der Waals surface area (Å²) in [5, 5.41) is 14.0. The fourth-order valence-electron chi connectivity index (χ4n) is 1.03. The van der Waals surface area contributed by atoms with Crippen LogP contribution in [0.2, 0.25) is 0 Å². The third kappa shape index (κ3) is 5.09. The van der Waals surface area contributed by atoms with Crippen LogP contribution in [0.25, 0.3) is 0 Å². The summed E-state index contributed by atoms with van der Waals surface area (Å²) in [7, 11) is 1.67. The van der Waals surface area contributed by atoms with Gasteiger partial charge in [-0.2, -0.15) is 0 Å². The average molecular weight is 216 g/mol. The van der Waals surface area contributed by atoms with E-state index in [-0.39, 0.29) is 24.0 Å². The minimum Gasteiger partial charge on any atom is -0.409 e. The lowest BCUT2D eigenvalue weighted by Gasteiger charge is -2.25. The molecule has 0 radical (unpaired) electrons. The third-order valence-corrected chi connectivity index (χ3v) is 2.03. The molecule has 0 saturated carbocycles. The second kappa shape index (κ2) is 6.10. The first kappa shape index (κ1) is 13.5. The molecule has 0 aromatic rings.